The van der Waals surface area contributed by atoms with Gasteiger partial charge in [0.05, 0.1) is 16.9 Å². The topological polar surface area (TPSA) is 77.5 Å². The Balaban J connectivity index is 2.12. The Hall–Kier alpha value is -2.09. The summed E-state index contributed by atoms with van der Waals surface area (Å²) in [6, 6.07) is 14.2. The van der Waals surface area contributed by atoms with Crippen molar-refractivity contribution in [3.8, 4) is 5.75 Å². The number of halogens is 1. The lowest BCUT2D eigenvalue weighted by Gasteiger charge is -2.08. The van der Waals surface area contributed by atoms with Crippen molar-refractivity contribution >= 4 is 40.1 Å². The molecule has 0 aromatic heterocycles. The van der Waals surface area contributed by atoms with Crippen molar-refractivity contribution in [1.29, 1.82) is 0 Å². The molecule has 0 unspecified atom stereocenters. The second-order valence-corrected chi connectivity index (χ2v) is 11.1. The predicted octanol–water partition coefficient (Wildman–Crippen LogP) is 3.66. The van der Waals surface area contributed by atoms with Crippen LogP contribution in [-0.2, 0) is 17.7 Å². The van der Waals surface area contributed by atoms with Gasteiger partial charge in [-0.3, -0.25) is 0 Å². The summed E-state index contributed by atoms with van der Waals surface area (Å²) in [7, 11) is -7.78. The third-order valence-electron chi connectivity index (χ3n) is 3.70. The lowest BCUT2D eigenvalue weighted by molar-refractivity contribution is 0.414. The maximum Gasteiger partial charge on any atom is 0.286 e. The van der Waals surface area contributed by atoms with Crippen LogP contribution in [0.4, 0.5) is 0 Å². The SMILES string of the molecule is COc1ccc(S(=O)(=O)S(=O)(=O)c2ccc3cc(Cl)ccc3c2)cc1. The molecular weight excluding hydrogens is 384 g/mol. The van der Waals surface area contributed by atoms with Crippen molar-refractivity contribution in [1.82, 2.24) is 0 Å². The van der Waals surface area contributed by atoms with E-state index >= 15 is 0 Å². The number of methoxy groups -OCH3 is 1. The summed E-state index contributed by atoms with van der Waals surface area (Å²) in [5.41, 5.74) is 0. The maximum absolute atomic E-state index is 12.7. The molecule has 3 rings (SSSR count). The summed E-state index contributed by atoms with van der Waals surface area (Å²) >= 11 is 5.90. The highest BCUT2D eigenvalue weighted by Gasteiger charge is 2.33. The number of benzene rings is 3. The largest absolute Gasteiger partial charge is 0.497 e. The Bertz CT molecular complexity index is 1150. The molecule has 0 heterocycles. The quantitative estimate of drug-likeness (QED) is 0.629. The van der Waals surface area contributed by atoms with Gasteiger partial charge in [0, 0.05) is 5.02 Å². The van der Waals surface area contributed by atoms with Crippen LogP contribution in [0, 0.1) is 0 Å². The summed E-state index contributed by atoms with van der Waals surface area (Å²) in [6.45, 7) is 0. The molecule has 0 aliphatic carbocycles. The van der Waals surface area contributed by atoms with E-state index in [4.69, 9.17) is 16.3 Å². The molecule has 3 aromatic rings. The molecule has 0 N–H and O–H groups in total. The van der Waals surface area contributed by atoms with Gasteiger partial charge in [0.25, 0.3) is 17.7 Å². The van der Waals surface area contributed by atoms with Gasteiger partial charge in [0.2, 0.25) is 0 Å². The fraction of sp³-hybridized carbons (Fsp3) is 0.0588. The molecule has 5 nitrogen and oxygen atoms in total. The number of ether oxygens (including phenoxy) is 1. The minimum Gasteiger partial charge on any atom is -0.497 e. The minimum absolute atomic E-state index is 0.293. The zero-order valence-corrected chi connectivity index (χ0v) is 15.4. The minimum atomic E-state index is -4.61. The second kappa shape index (κ2) is 6.33. The van der Waals surface area contributed by atoms with Gasteiger partial charge in [-0.05, 0) is 59.3 Å². The van der Waals surface area contributed by atoms with Crippen molar-refractivity contribution in [3.05, 3.63) is 65.7 Å². The molecule has 0 aliphatic heterocycles. The van der Waals surface area contributed by atoms with Crippen LogP contribution < -0.4 is 4.74 Å². The van der Waals surface area contributed by atoms with Gasteiger partial charge in [-0.1, -0.05) is 23.7 Å². The van der Waals surface area contributed by atoms with E-state index in [0.29, 0.717) is 21.5 Å². The molecule has 0 radical (unpaired) electrons. The van der Waals surface area contributed by atoms with Crippen molar-refractivity contribution in [2.45, 2.75) is 9.79 Å². The number of hydrogen-bond acceptors (Lipinski definition) is 5. The highest BCUT2D eigenvalue weighted by molar-refractivity contribution is 8.67. The smallest absolute Gasteiger partial charge is 0.286 e. The highest BCUT2D eigenvalue weighted by atomic mass is 35.5. The summed E-state index contributed by atoms with van der Waals surface area (Å²) < 4.78 is 55.5. The van der Waals surface area contributed by atoms with Crippen molar-refractivity contribution < 1.29 is 21.6 Å². The van der Waals surface area contributed by atoms with Crippen molar-refractivity contribution in [2.75, 3.05) is 7.11 Å². The summed E-state index contributed by atoms with van der Waals surface area (Å²) in [6.07, 6.45) is 0. The first-order valence-corrected chi connectivity index (χ1v) is 11.0. The Kier molecular flexibility index (Phi) is 4.49. The molecule has 0 atom stereocenters. The molecule has 8 heteroatoms. The average Bonchev–Trinajstić information content (AvgIpc) is 2.61. The van der Waals surface area contributed by atoms with Gasteiger partial charge in [-0.25, -0.2) is 16.8 Å². The van der Waals surface area contributed by atoms with Crippen molar-refractivity contribution in [3.63, 3.8) is 0 Å². The lowest BCUT2D eigenvalue weighted by Crippen LogP contribution is -2.16. The first-order chi connectivity index (χ1) is 11.8. The van der Waals surface area contributed by atoms with Crippen LogP contribution in [0.2, 0.25) is 5.02 Å². The van der Waals surface area contributed by atoms with Gasteiger partial charge in [0.15, 0.2) is 0 Å². The monoisotopic (exact) mass is 396 g/mol. The van der Waals surface area contributed by atoms with E-state index in [9.17, 15) is 16.8 Å². The fourth-order valence-electron chi connectivity index (χ4n) is 2.35. The first kappa shape index (κ1) is 17.7. The van der Waals surface area contributed by atoms with Crippen LogP contribution in [0.5, 0.6) is 5.75 Å². The summed E-state index contributed by atoms with van der Waals surface area (Å²) in [5, 5.41) is 1.80. The number of rotatable bonds is 4. The lowest BCUT2D eigenvalue weighted by atomic mass is 10.1. The van der Waals surface area contributed by atoms with E-state index < -0.39 is 17.7 Å². The normalized spacial score (nSPS) is 12.2. The van der Waals surface area contributed by atoms with Gasteiger partial charge < -0.3 is 4.74 Å². The van der Waals surface area contributed by atoms with Gasteiger partial charge in [-0.15, -0.1) is 0 Å². The molecule has 25 heavy (non-hydrogen) atoms. The van der Waals surface area contributed by atoms with E-state index in [1.54, 1.807) is 18.2 Å². The molecule has 3 aromatic carbocycles. The Morgan fingerprint density at radius 2 is 1.24 bits per heavy atom. The second-order valence-electron chi connectivity index (χ2n) is 5.24. The fourth-order valence-corrected chi connectivity index (χ4v) is 6.17. The molecule has 0 aliphatic rings. The summed E-state index contributed by atoms with van der Waals surface area (Å²) in [4.78, 5) is -0.609. The number of hydrogen-bond donors (Lipinski definition) is 0. The van der Waals surface area contributed by atoms with Crippen LogP contribution in [0.25, 0.3) is 10.8 Å². The molecular formula is C17H13ClO5S2. The van der Waals surface area contributed by atoms with E-state index in [1.165, 1.54) is 49.6 Å². The van der Waals surface area contributed by atoms with Crippen LogP contribution in [0.1, 0.15) is 0 Å². The number of fused-ring (bicyclic) bond motifs is 1. The van der Waals surface area contributed by atoms with Gasteiger partial charge in [-0.2, -0.15) is 0 Å². The van der Waals surface area contributed by atoms with E-state index in [2.05, 4.69) is 0 Å². The Morgan fingerprint density at radius 3 is 1.88 bits per heavy atom. The zero-order chi connectivity index (χ0) is 18.2. The van der Waals surface area contributed by atoms with E-state index in [1.807, 2.05) is 0 Å². The molecule has 0 fully saturated rings. The van der Waals surface area contributed by atoms with Gasteiger partial charge >= 0.3 is 0 Å². The molecule has 0 amide bonds. The van der Waals surface area contributed by atoms with E-state index in [-0.39, 0.29) is 9.79 Å². The highest BCUT2D eigenvalue weighted by Crippen LogP contribution is 2.29. The van der Waals surface area contributed by atoms with Crippen LogP contribution in [0.15, 0.2) is 70.5 Å². The standard InChI is InChI=1S/C17H13ClO5S2/c1-23-15-5-8-16(9-6-15)24(19,20)25(21,22)17-7-3-12-10-14(18)4-2-13(12)11-17/h2-11H,1H3. The van der Waals surface area contributed by atoms with Crippen LogP contribution in [0.3, 0.4) is 0 Å². The molecule has 0 saturated carbocycles. The molecule has 0 saturated heterocycles. The molecule has 130 valence electrons. The molecule has 0 spiro atoms. The predicted molar refractivity (Wildman–Crippen MR) is 96.3 cm³/mol. The first-order valence-electron chi connectivity index (χ1n) is 7.09. The maximum atomic E-state index is 12.7. The van der Waals surface area contributed by atoms with Crippen LogP contribution >= 0.6 is 11.6 Å². The van der Waals surface area contributed by atoms with Crippen LogP contribution in [-0.4, -0.2) is 23.9 Å². The van der Waals surface area contributed by atoms with Gasteiger partial charge in [0.1, 0.15) is 5.75 Å². The van der Waals surface area contributed by atoms with E-state index in [0.717, 1.165) is 0 Å². The average molecular weight is 397 g/mol. The Labute approximate surface area is 150 Å². The zero-order valence-electron chi connectivity index (χ0n) is 13.0. The molecule has 0 bridgehead atoms. The Morgan fingerprint density at radius 1 is 0.720 bits per heavy atom. The van der Waals surface area contributed by atoms with Crippen molar-refractivity contribution in [2.24, 2.45) is 0 Å². The third kappa shape index (κ3) is 3.10. The third-order valence-corrected chi connectivity index (χ3v) is 9.08. The summed E-state index contributed by atoms with van der Waals surface area (Å²) in [5.74, 6) is 0.430.